The number of thioether (sulfide) groups is 1. The van der Waals surface area contributed by atoms with E-state index in [2.05, 4.69) is 5.32 Å². The molecule has 1 N–H and O–H groups in total. The molecule has 0 aromatic heterocycles. The Hall–Kier alpha value is -1.53. The first-order chi connectivity index (χ1) is 9.63. The molecule has 1 aromatic rings. The first-order valence-electron chi connectivity index (χ1n) is 6.27. The van der Waals surface area contributed by atoms with Gasteiger partial charge in [-0.05, 0) is 19.1 Å². The van der Waals surface area contributed by atoms with Crippen molar-refractivity contribution in [2.75, 3.05) is 26.0 Å². The van der Waals surface area contributed by atoms with Crippen molar-refractivity contribution in [1.82, 2.24) is 5.32 Å². The molecule has 0 fully saturated rings. The van der Waals surface area contributed by atoms with Gasteiger partial charge in [-0.25, -0.2) is 0 Å². The Morgan fingerprint density at radius 3 is 2.65 bits per heavy atom. The first-order valence-corrected chi connectivity index (χ1v) is 7.26. The molecule has 110 valence electrons. The number of carbonyl (C=O) groups is 2. The highest BCUT2D eigenvalue weighted by atomic mass is 32.2. The fourth-order valence-corrected chi connectivity index (χ4v) is 2.07. The van der Waals surface area contributed by atoms with E-state index >= 15 is 0 Å². The summed E-state index contributed by atoms with van der Waals surface area (Å²) >= 11 is 1.38. The molecular formula is C14H19NO4S. The Kier molecular flexibility index (Phi) is 7.75. The molecule has 0 unspecified atom stereocenters. The Labute approximate surface area is 123 Å². The van der Waals surface area contributed by atoms with Crippen molar-refractivity contribution >= 4 is 23.6 Å². The summed E-state index contributed by atoms with van der Waals surface area (Å²) in [5, 5.41) is 2.61. The average molecular weight is 297 g/mol. The monoisotopic (exact) mass is 297 g/mol. The van der Waals surface area contributed by atoms with Crippen LogP contribution in [-0.4, -0.2) is 44.0 Å². The predicted molar refractivity (Wildman–Crippen MR) is 77.6 cm³/mol. The maximum absolute atomic E-state index is 11.6. The zero-order chi connectivity index (χ0) is 14.8. The normalized spacial score (nSPS) is 11.7. The second-order valence-corrected chi connectivity index (χ2v) is 5.07. The lowest BCUT2D eigenvalue weighted by molar-refractivity contribution is -0.152. The van der Waals surface area contributed by atoms with Crippen LogP contribution in [0.4, 0.5) is 0 Å². The molecule has 0 saturated heterocycles. The van der Waals surface area contributed by atoms with E-state index in [1.54, 1.807) is 14.0 Å². The standard InChI is InChI=1S/C14H19NO4S/c1-11(14(17)15-8-9-18-2)19-13(16)10-20-12-6-4-3-5-7-12/h3-7,11H,8-10H2,1-2H3,(H,15,17)/t11-/m0/s1. The number of rotatable bonds is 8. The van der Waals surface area contributed by atoms with Gasteiger partial charge in [0.2, 0.25) is 0 Å². The molecule has 0 aliphatic carbocycles. The molecular weight excluding hydrogens is 278 g/mol. The van der Waals surface area contributed by atoms with E-state index in [1.165, 1.54) is 11.8 Å². The number of nitrogens with one attached hydrogen (secondary N) is 1. The quantitative estimate of drug-likeness (QED) is 0.447. The number of benzene rings is 1. The van der Waals surface area contributed by atoms with Crippen LogP contribution in [0.1, 0.15) is 6.92 Å². The van der Waals surface area contributed by atoms with Gasteiger partial charge in [-0.1, -0.05) is 18.2 Å². The van der Waals surface area contributed by atoms with Crippen LogP contribution in [-0.2, 0) is 19.1 Å². The maximum atomic E-state index is 11.6. The lowest BCUT2D eigenvalue weighted by atomic mass is 10.4. The van der Waals surface area contributed by atoms with Crippen molar-refractivity contribution in [1.29, 1.82) is 0 Å². The summed E-state index contributed by atoms with van der Waals surface area (Å²) in [6, 6.07) is 9.55. The molecule has 1 atom stereocenters. The van der Waals surface area contributed by atoms with E-state index in [4.69, 9.17) is 9.47 Å². The second kappa shape index (κ2) is 9.39. The number of hydrogen-bond acceptors (Lipinski definition) is 5. The minimum Gasteiger partial charge on any atom is -0.452 e. The molecule has 0 aliphatic heterocycles. The number of carbonyl (C=O) groups excluding carboxylic acids is 2. The summed E-state index contributed by atoms with van der Waals surface area (Å²) in [5.74, 6) is -0.548. The van der Waals surface area contributed by atoms with Gasteiger partial charge >= 0.3 is 5.97 Å². The number of methoxy groups -OCH3 is 1. The highest BCUT2D eigenvalue weighted by Crippen LogP contribution is 2.17. The summed E-state index contributed by atoms with van der Waals surface area (Å²) < 4.78 is 9.87. The van der Waals surface area contributed by atoms with Gasteiger partial charge < -0.3 is 14.8 Å². The van der Waals surface area contributed by atoms with Gasteiger partial charge in [-0.15, -0.1) is 11.8 Å². The number of ether oxygens (including phenoxy) is 2. The lowest BCUT2D eigenvalue weighted by Gasteiger charge is -2.13. The molecule has 5 nitrogen and oxygen atoms in total. The molecule has 1 amide bonds. The number of esters is 1. The largest absolute Gasteiger partial charge is 0.452 e. The van der Waals surface area contributed by atoms with Gasteiger partial charge in [0.05, 0.1) is 12.4 Å². The van der Waals surface area contributed by atoms with Crippen LogP contribution in [0.2, 0.25) is 0 Å². The Morgan fingerprint density at radius 2 is 2.00 bits per heavy atom. The van der Waals surface area contributed by atoms with E-state index in [9.17, 15) is 9.59 Å². The van der Waals surface area contributed by atoms with Crippen molar-refractivity contribution in [2.45, 2.75) is 17.9 Å². The minimum atomic E-state index is -0.796. The summed E-state index contributed by atoms with van der Waals surface area (Å²) in [7, 11) is 1.55. The third-order valence-corrected chi connectivity index (χ3v) is 3.37. The lowest BCUT2D eigenvalue weighted by Crippen LogP contribution is -2.37. The fourth-order valence-electron chi connectivity index (χ4n) is 1.36. The zero-order valence-electron chi connectivity index (χ0n) is 11.6. The molecule has 0 saturated carbocycles. The second-order valence-electron chi connectivity index (χ2n) is 4.02. The van der Waals surface area contributed by atoms with Gasteiger partial charge in [0, 0.05) is 18.6 Å². The van der Waals surface area contributed by atoms with Crippen molar-refractivity contribution in [2.24, 2.45) is 0 Å². The molecule has 0 heterocycles. The van der Waals surface area contributed by atoms with Gasteiger partial charge in [0.1, 0.15) is 0 Å². The van der Waals surface area contributed by atoms with E-state index < -0.39 is 12.1 Å². The van der Waals surface area contributed by atoms with E-state index in [0.29, 0.717) is 13.2 Å². The summed E-state index contributed by atoms with van der Waals surface area (Å²) in [6.45, 7) is 2.37. The van der Waals surface area contributed by atoms with Gasteiger partial charge in [-0.3, -0.25) is 9.59 Å². The van der Waals surface area contributed by atoms with Crippen molar-refractivity contribution in [3.05, 3.63) is 30.3 Å². The van der Waals surface area contributed by atoms with Crippen LogP contribution in [0.5, 0.6) is 0 Å². The van der Waals surface area contributed by atoms with Gasteiger partial charge in [-0.2, -0.15) is 0 Å². The molecule has 1 rings (SSSR count). The molecule has 6 heteroatoms. The summed E-state index contributed by atoms with van der Waals surface area (Å²) in [5.41, 5.74) is 0. The van der Waals surface area contributed by atoms with Crippen LogP contribution in [0.15, 0.2) is 35.2 Å². The Morgan fingerprint density at radius 1 is 1.30 bits per heavy atom. The van der Waals surface area contributed by atoms with Crippen molar-refractivity contribution in [3.63, 3.8) is 0 Å². The summed E-state index contributed by atoms with van der Waals surface area (Å²) in [4.78, 5) is 24.2. The van der Waals surface area contributed by atoms with Crippen LogP contribution in [0, 0.1) is 0 Å². The Bertz CT molecular complexity index is 424. The summed E-state index contributed by atoms with van der Waals surface area (Å²) in [6.07, 6.45) is -0.796. The van der Waals surface area contributed by atoms with Gasteiger partial charge in [0.25, 0.3) is 5.91 Å². The van der Waals surface area contributed by atoms with E-state index in [0.717, 1.165) is 4.90 Å². The van der Waals surface area contributed by atoms with Crippen molar-refractivity contribution in [3.8, 4) is 0 Å². The van der Waals surface area contributed by atoms with Crippen molar-refractivity contribution < 1.29 is 19.1 Å². The van der Waals surface area contributed by atoms with E-state index in [-0.39, 0.29) is 11.7 Å². The average Bonchev–Trinajstić information content (AvgIpc) is 2.46. The third-order valence-electron chi connectivity index (χ3n) is 2.38. The molecule has 20 heavy (non-hydrogen) atoms. The fraction of sp³-hybridized carbons (Fsp3) is 0.429. The van der Waals surface area contributed by atoms with E-state index in [1.807, 2.05) is 30.3 Å². The predicted octanol–water partition coefficient (Wildman–Crippen LogP) is 1.47. The van der Waals surface area contributed by atoms with Gasteiger partial charge in [0.15, 0.2) is 6.10 Å². The number of amides is 1. The maximum Gasteiger partial charge on any atom is 0.317 e. The van der Waals surface area contributed by atoms with Crippen LogP contribution in [0.3, 0.4) is 0 Å². The van der Waals surface area contributed by atoms with Crippen LogP contribution < -0.4 is 5.32 Å². The highest BCUT2D eigenvalue weighted by molar-refractivity contribution is 8.00. The molecule has 0 bridgehead atoms. The SMILES string of the molecule is COCCNC(=O)[C@H](C)OC(=O)CSc1ccccc1. The first kappa shape index (κ1) is 16.5. The third kappa shape index (κ3) is 6.58. The number of hydrogen-bond donors (Lipinski definition) is 1. The van der Waals surface area contributed by atoms with Crippen LogP contribution >= 0.6 is 11.8 Å². The topological polar surface area (TPSA) is 64.6 Å². The zero-order valence-corrected chi connectivity index (χ0v) is 12.4. The molecule has 0 radical (unpaired) electrons. The molecule has 0 aliphatic rings. The molecule has 0 spiro atoms. The highest BCUT2D eigenvalue weighted by Gasteiger charge is 2.17. The molecule has 1 aromatic carbocycles. The smallest absolute Gasteiger partial charge is 0.317 e. The van der Waals surface area contributed by atoms with Crippen LogP contribution in [0.25, 0.3) is 0 Å². The minimum absolute atomic E-state index is 0.180. The Balaban J connectivity index is 2.25.